The van der Waals surface area contributed by atoms with Crippen molar-refractivity contribution in [1.29, 1.82) is 0 Å². The second kappa shape index (κ2) is 7.04. The average molecular weight is 350 g/mol. The lowest BCUT2D eigenvalue weighted by Gasteiger charge is -2.16. The topological polar surface area (TPSA) is 84.3 Å². The van der Waals surface area contributed by atoms with E-state index in [0.717, 1.165) is 28.4 Å². The van der Waals surface area contributed by atoms with E-state index in [2.05, 4.69) is 10.4 Å². The Morgan fingerprint density at radius 1 is 1.29 bits per heavy atom. The van der Waals surface area contributed by atoms with Crippen molar-refractivity contribution >= 4 is 21.6 Å². The van der Waals surface area contributed by atoms with Gasteiger partial charge in [0.2, 0.25) is 10.0 Å². The molecule has 0 saturated carbocycles. The van der Waals surface area contributed by atoms with Gasteiger partial charge in [0.05, 0.1) is 17.6 Å². The number of carbonyl (C=O) groups excluding carboxylic acids is 1. The lowest BCUT2D eigenvalue weighted by Crippen LogP contribution is -2.25. The molecule has 7 nitrogen and oxygen atoms in total. The van der Waals surface area contributed by atoms with Gasteiger partial charge in [-0.15, -0.1) is 0 Å². The first-order valence-electron chi connectivity index (χ1n) is 7.57. The molecular formula is C16H22N4O3S. The van der Waals surface area contributed by atoms with Crippen molar-refractivity contribution in [1.82, 2.24) is 15.1 Å². The molecule has 24 heavy (non-hydrogen) atoms. The highest BCUT2D eigenvalue weighted by Gasteiger charge is 2.13. The smallest absolute Gasteiger partial charge is 0.251 e. The molecule has 1 aromatic heterocycles. The van der Waals surface area contributed by atoms with Gasteiger partial charge in [-0.25, -0.2) is 8.42 Å². The van der Waals surface area contributed by atoms with Gasteiger partial charge in [-0.05, 0) is 38.1 Å². The Hall–Kier alpha value is -2.35. The Labute approximate surface area is 142 Å². The number of hydrogen-bond donors (Lipinski definition) is 1. The number of amides is 1. The zero-order valence-corrected chi connectivity index (χ0v) is 15.1. The minimum absolute atomic E-state index is 0.216. The zero-order chi connectivity index (χ0) is 17.9. The summed E-state index contributed by atoms with van der Waals surface area (Å²) in [6.07, 6.45) is 3.05. The van der Waals surface area contributed by atoms with Gasteiger partial charge in [0, 0.05) is 37.5 Å². The van der Waals surface area contributed by atoms with Crippen molar-refractivity contribution in [2.75, 3.05) is 17.6 Å². The van der Waals surface area contributed by atoms with Crippen LogP contribution in [0, 0.1) is 6.92 Å². The molecule has 8 heteroatoms. The molecule has 130 valence electrons. The summed E-state index contributed by atoms with van der Waals surface area (Å²) in [5.74, 6) is -0.216. The number of anilines is 1. The van der Waals surface area contributed by atoms with Crippen LogP contribution in [0.2, 0.25) is 0 Å². The Balaban J connectivity index is 2.03. The van der Waals surface area contributed by atoms with E-state index in [9.17, 15) is 13.2 Å². The first-order chi connectivity index (χ1) is 11.2. The predicted molar refractivity (Wildman–Crippen MR) is 93.5 cm³/mol. The van der Waals surface area contributed by atoms with Crippen LogP contribution in [0.5, 0.6) is 0 Å². The summed E-state index contributed by atoms with van der Waals surface area (Å²) < 4.78 is 26.0. The van der Waals surface area contributed by atoms with Gasteiger partial charge < -0.3 is 5.32 Å². The van der Waals surface area contributed by atoms with E-state index in [1.165, 1.54) is 7.05 Å². The van der Waals surface area contributed by atoms with Crippen LogP contribution in [0.15, 0.2) is 30.5 Å². The van der Waals surface area contributed by atoms with E-state index < -0.39 is 10.0 Å². The van der Waals surface area contributed by atoms with Gasteiger partial charge in [0.1, 0.15) is 0 Å². The fourth-order valence-corrected chi connectivity index (χ4v) is 2.69. The third-order valence-electron chi connectivity index (χ3n) is 3.80. The Morgan fingerprint density at radius 2 is 1.92 bits per heavy atom. The SMILES string of the molecule is CCn1cc(CNC(=O)c2ccc(N(C)S(C)(=O)=O)cc2)c(C)n1. The van der Waals surface area contributed by atoms with Crippen LogP contribution in [0.25, 0.3) is 0 Å². The molecule has 0 aliphatic rings. The average Bonchev–Trinajstić information content (AvgIpc) is 2.91. The maximum atomic E-state index is 12.2. The summed E-state index contributed by atoms with van der Waals surface area (Å²) in [7, 11) is -1.85. The van der Waals surface area contributed by atoms with Crippen molar-refractivity contribution in [3.8, 4) is 0 Å². The Morgan fingerprint density at radius 3 is 2.42 bits per heavy atom. The molecule has 0 saturated heterocycles. The molecule has 0 unspecified atom stereocenters. The zero-order valence-electron chi connectivity index (χ0n) is 14.3. The van der Waals surface area contributed by atoms with Gasteiger partial charge in [-0.3, -0.25) is 13.8 Å². The first kappa shape index (κ1) is 18.0. The van der Waals surface area contributed by atoms with Crippen molar-refractivity contribution in [2.24, 2.45) is 0 Å². The third-order valence-corrected chi connectivity index (χ3v) is 5.01. The highest BCUT2D eigenvalue weighted by atomic mass is 32.2. The number of aryl methyl sites for hydroxylation is 2. The lowest BCUT2D eigenvalue weighted by molar-refractivity contribution is 0.0951. The van der Waals surface area contributed by atoms with E-state index in [0.29, 0.717) is 17.8 Å². The van der Waals surface area contributed by atoms with Crippen molar-refractivity contribution in [3.63, 3.8) is 0 Å². The third kappa shape index (κ3) is 4.14. The Bertz CT molecular complexity index is 826. The second-order valence-corrected chi connectivity index (χ2v) is 7.57. The maximum absolute atomic E-state index is 12.2. The van der Waals surface area contributed by atoms with Gasteiger partial charge >= 0.3 is 0 Å². The van der Waals surface area contributed by atoms with Gasteiger partial charge in [0.25, 0.3) is 5.91 Å². The van der Waals surface area contributed by atoms with Crippen LogP contribution in [0.4, 0.5) is 5.69 Å². The number of carbonyl (C=O) groups is 1. The van der Waals surface area contributed by atoms with E-state index >= 15 is 0 Å². The standard InChI is InChI=1S/C16H22N4O3S/c1-5-20-11-14(12(2)18-20)10-17-16(21)13-6-8-15(9-7-13)19(3)24(4,22)23/h6-9,11H,5,10H2,1-4H3,(H,17,21). The highest BCUT2D eigenvalue weighted by Crippen LogP contribution is 2.16. The van der Waals surface area contributed by atoms with Gasteiger partial charge in [0.15, 0.2) is 0 Å². The molecule has 2 rings (SSSR count). The number of aromatic nitrogens is 2. The fraction of sp³-hybridized carbons (Fsp3) is 0.375. The largest absolute Gasteiger partial charge is 0.348 e. The maximum Gasteiger partial charge on any atom is 0.251 e. The molecule has 0 spiro atoms. The molecular weight excluding hydrogens is 328 g/mol. The van der Waals surface area contributed by atoms with Crippen LogP contribution < -0.4 is 9.62 Å². The summed E-state index contributed by atoms with van der Waals surface area (Å²) >= 11 is 0. The monoisotopic (exact) mass is 350 g/mol. The van der Waals surface area contributed by atoms with Crippen LogP contribution >= 0.6 is 0 Å². The van der Waals surface area contributed by atoms with Crippen molar-refractivity contribution in [3.05, 3.63) is 47.3 Å². The first-order valence-corrected chi connectivity index (χ1v) is 9.42. The molecule has 0 atom stereocenters. The molecule has 0 radical (unpaired) electrons. The van der Waals surface area contributed by atoms with E-state index in [-0.39, 0.29) is 5.91 Å². The highest BCUT2D eigenvalue weighted by molar-refractivity contribution is 7.92. The number of nitrogens with zero attached hydrogens (tertiary/aromatic N) is 3. The van der Waals surface area contributed by atoms with E-state index in [4.69, 9.17) is 0 Å². The van der Waals surface area contributed by atoms with Gasteiger partial charge in [-0.2, -0.15) is 5.10 Å². The summed E-state index contributed by atoms with van der Waals surface area (Å²) in [6, 6.07) is 6.43. The molecule has 0 aliphatic heterocycles. The minimum Gasteiger partial charge on any atom is -0.348 e. The quantitative estimate of drug-likeness (QED) is 0.856. The van der Waals surface area contributed by atoms with Crippen LogP contribution in [-0.4, -0.2) is 37.4 Å². The molecule has 1 aromatic carbocycles. The molecule has 0 fully saturated rings. The minimum atomic E-state index is -3.32. The summed E-state index contributed by atoms with van der Waals surface area (Å²) in [6.45, 7) is 5.09. The molecule has 1 N–H and O–H groups in total. The lowest BCUT2D eigenvalue weighted by atomic mass is 10.2. The van der Waals surface area contributed by atoms with E-state index in [1.54, 1.807) is 24.3 Å². The normalized spacial score (nSPS) is 11.3. The van der Waals surface area contributed by atoms with Crippen LogP contribution in [-0.2, 0) is 23.1 Å². The van der Waals surface area contributed by atoms with Crippen LogP contribution in [0.3, 0.4) is 0 Å². The van der Waals surface area contributed by atoms with E-state index in [1.807, 2.05) is 24.7 Å². The van der Waals surface area contributed by atoms with Gasteiger partial charge in [-0.1, -0.05) is 0 Å². The van der Waals surface area contributed by atoms with Crippen LogP contribution in [0.1, 0.15) is 28.5 Å². The Kier molecular flexibility index (Phi) is 5.28. The summed E-state index contributed by atoms with van der Waals surface area (Å²) in [4.78, 5) is 12.2. The predicted octanol–water partition coefficient (Wildman–Crippen LogP) is 1.54. The fourth-order valence-electron chi connectivity index (χ4n) is 2.19. The molecule has 2 aromatic rings. The number of nitrogens with one attached hydrogen (secondary N) is 1. The molecule has 0 bridgehead atoms. The number of rotatable bonds is 6. The summed E-state index contributed by atoms with van der Waals surface area (Å²) in [5, 5.41) is 7.19. The molecule has 1 amide bonds. The summed E-state index contributed by atoms with van der Waals surface area (Å²) in [5.41, 5.74) is 2.84. The molecule has 1 heterocycles. The van der Waals surface area contributed by atoms with Crippen molar-refractivity contribution < 1.29 is 13.2 Å². The van der Waals surface area contributed by atoms with Crippen molar-refractivity contribution in [2.45, 2.75) is 26.9 Å². The number of sulfonamides is 1. The number of benzene rings is 1. The number of hydrogen-bond acceptors (Lipinski definition) is 4. The molecule has 0 aliphatic carbocycles. The second-order valence-electron chi connectivity index (χ2n) is 5.56.